The highest BCUT2D eigenvalue weighted by molar-refractivity contribution is 6.31. The molecule has 10 heteroatoms. The molecule has 1 aromatic heterocycles. The van der Waals surface area contributed by atoms with Crippen molar-refractivity contribution in [2.45, 2.75) is 0 Å². The Balaban J connectivity index is 2.62. The number of primary amides is 1. The summed E-state index contributed by atoms with van der Waals surface area (Å²) in [5.74, 6) is -1.75. The molecule has 0 saturated carbocycles. The topological polar surface area (TPSA) is 140 Å². The fraction of sp³-hybridized carbons (Fsp3) is 0.167. The van der Waals surface area contributed by atoms with Crippen LogP contribution < -0.4 is 15.2 Å². The second kappa shape index (κ2) is 6.31. The molecule has 0 radical (unpaired) electrons. The van der Waals surface area contributed by atoms with E-state index in [1.54, 1.807) is 0 Å². The van der Waals surface area contributed by atoms with E-state index in [0.29, 0.717) is 0 Å². The van der Waals surface area contributed by atoms with Gasteiger partial charge in [0.05, 0.1) is 12.7 Å². The summed E-state index contributed by atoms with van der Waals surface area (Å²) in [6.07, 6.45) is 0. The molecular weight excluding hydrogens is 316 g/mol. The Bertz CT molecular complexity index is 730. The number of carbonyl (C=O) groups is 2. The van der Waals surface area contributed by atoms with Gasteiger partial charge in [-0.25, -0.2) is 4.79 Å². The lowest BCUT2D eigenvalue weighted by atomic mass is 10.1. The molecule has 0 bridgehead atoms. The summed E-state index contributed by atoms with van der Waals surface area (Å²) in [6.45, 7) is -0.616. The molecule has 0 unspecified atom stereocenters. The van der Waals surface area contributed by atoms with E-state index in [-0.39, 0.29) is 33.5 Å². The summed E-state index contributed by atoms with van der Waals surface area (Å²) >= 11 is 5.99. The van der Waals surface area contributed by atoms with Gasteiger partial charge in [-0.1, -0.05) is 11.6 Å². The van der Waals surface area contributed by atoms with Crippen molar-refractivity contribution in [3.63, 3.8) is 0 Å². The monoisotopic (exact) mass is 326 g/mol. The van der Waals surface area contributed by atoms with Gasteiger partial charge in [-0.3, -0.25) is 4.79 Å². The molecule has 4 N–H and O–H groups in total. The number of aromatic nitrogens is 3. The van der Waals surface area contributed by atoms with Gasteiger partial charge in [0.25, 0.3) is 5.91 Å². The Morgan fingerprint density at radius 1 is 1.41 bits per heavy atom. The second-order valence-electron chi connectivity index (χ2n) is 4.05. The highest BCUT2D eigenvalue weighted by Crippen LogP contribution is 2.40. The smallest absolute Gasteiger partial charge is 0.341 e. The van der Waals surface area contributed by atoms with Gasteiger partial charge in [0, 0.05) is 11.1 Å². The Kier molecular flexibility index (Phi) is 4.47. The summed E-state index contributed by atoms with van der Waals surface area (Å²) in [6, 6.07) is 2.87. The lowest BCUT2D eigenvalue weighted by Gasteiger charge is -2.13. The number of methoxy groups -OCH3 is 1. The molecule has 0 aliphatic heterocycles. The normalized spacial score (nSPS) is 10.3. The average molecular weight is 327 g/mol. The molecule has 1 aromatic carbocycles. The number of carboxylic acids is 1. The molecule has 0 fully saturated rings. The number of nitrogens with two attached hydrogens (primary N) is 1. The first-order chi connectivity index (χ1) is 10.4. The number of nitrogens with zero attached hydrogens (tertiary/aromatic N) is 2. The standard InChI is InChI=1S/C12H11ClN4O5/c1-21-7-3-5(13)2-6(11(7)22-4-8(18)19)9-10(12(14)20)16-17-15-9/h2-3H,4H2,1H3,(H2,14,20)(H,18,19)(H,15,16,17). The van der Waals surface area contributed by atoms with Crippen molar-refractivity contribution in [2.75, 3.05) is 13.7 Å². The number of H-pyrrole nitrogens is 1. The van der Waals surface area contributed by atoms with Crippen molar-refractivity contribution in [3.8, 4) is 22.8 Å². The number of hydrogen-bond donors (Lipinski definition) is 3. The van der Waals surface area contributed by atoms with Crippen LogP contribution in [0.25, 0.3) is 11.3 Å². The second-order valence-corrected chi connectivity index (χ2v) is 4.49. The molecule has 2 aromatic rings. The van der Waals surface area contributed by atoms with Gasteiger partial charge in [-0.2, -0.15) is 15.4 Å². The van der Waals surface area contributed by atoms with Gasteiger partial charge in [-0.15, -0.1) is 0 Å². The van der Waals surface area contributed by atoms with Crippen LogP contribution in [0.15, 0.2) is 12.1 Å². The molecule has 2 rings (SSSR count). The molecule has 0 atom stereocenters. The van der Waals surface area contributed by atoms with E-state index in [9.17, 15) is 9.59 Å². The molecule has 1 amide bonds. The number of carbonyl (C=O) groups excluding carboxylic acids is 1. The van der Waals surface area contributed by atoms with Crippen LogP contribution in [0, 0.1) is 0 Å². The number of aliphatic carboxylic acids is 1. The van der Waals surface area contributed by atoms with Crippen molar-refractivity contribution < 1.29 is 24.2 Å². The number of rotatable bonds is 6. The molecule has 9 nitrogen and oxygen atoms in total. The predicted octanol–water partition coefficient (Wildman–Crippen LogP) is 0.696. The Morgan fingerprint density at radius 2 is 2.14 bits per heavy atom. The minimum Gasteiger partial charge on any atom is -0.493 e. The molecule has 0 aliphatic rings. The van der Waals surface area contributed by atoms with Gasteiger partial charge in [0.2, 0.25) is 0 Å². The number of carboxylic acid groups (broad SMARTS) is 1. The van der Waals surface area contributed by atoms with Crippen LogP contribution in [0.5, 0.6) is 11.5 Å². The Morgan fingerprint density at radius 3 is 2.73 bits per heavy atom. The van der Waals surface area contributed by atoms with E-state index in [4.69, 9.17) is 31.9 Å². The van der Waals surface area contributed by atoms with Gasteiger partial charge < -0.3 is 20.3 Å². The van der Waals surface area contributed by atoms with Crippen LogP contribution in [-0.4, -0.2) is 46.1 Å². The summed E-state index contributed by atoms with van der Waals surface area (Å²) in [5.41, 5.74) is 5.39. The lowest BCUT2D eigenvalue weighted by molar-refractivity contribution is -0.139. The molecule has 116 valence electrons. The molecule has 22 heavy (non-hydrogen) atoms. The summed E-state index contributed by atoms with van der Waals surface area (Å²) in [7, 11) is 1.36. The first kappa shape index (κ1) is 15.6. The Hall–Kier alpha value is -2.81. The number of halogens is 1. The van der Waals surface area contributed by atoms with E-state index in [1.165, 1.54) is 19.2 Å². The number of amides is 1. The largest absolute Gasteiger partial charge is 0.493 e. The maximum atomic E-state index is 11.4. The van der Waals surface area contributed by atoms with Crippen molar-refractivity contribution in [1.29, 1.82) is 0 Å². The third-order valence-corrected chi connectivity index (χ3v) is 2.83. The summed E-state index contributed by atoms with van der Waals surface area (Å²) in [5, 5.41) is 18.8. The van der Waals surface area contributed by atoms with E-state index in [1.807, 2.05) is 0 Å². The molecule has 0 saturated heterocycles. The van der Waals surface area contributed by atoms with Crippen LogP contribution >= 0.6 is 11.6 Å². The van der Waals surface area contributed by atoms with Crippen molar-refractivity contribution in [3.05, 3.63) is 22.8 Å². The number of hydrogen-bond acceptors (Lipinski definition) is 6. The highest BCUT2D eigenvalue weighted by Gasteiger charge is 2.23. The van der Waals surface area contributed by atoms with Crippen LogP contribution in [0.4, 0.5) is 0 Å². The average Bonchev–Trinajstić information content (AvgIpc) is 2.94. The number of nitrogens with one attached hydrogen (secondary N) is 1. The summed E-state index contributed by atoms with van der Waals surface area (Å²) < 4.78 is 10.3. The molecule has 1 heterocycles. The zero-order chi connectivity index (χ0) is 16.3. The number of ether oxygens (including phenoxy) is 2. The van der Waals surface area contributed by atoms with E-state index < -0.39 is 18.5 Å². The number of benzene rings is 1. The lowest BCUT2D eigenvalue weighted by Crippen LogP contribution is -2.14. The molecule has 0 aliphatic carbocycles. The van der Waals surface area contributed by atoms with Gasteiger partial charge >= 0.3 is 5.97 Å². The van der Waals surface area contributed by atoms with Crippen LogP contribution in [0.3, 0.4) is 0 Å². The minimum atomic E-state index is -1.18. The fourth-order valence-electron chi connectivity index (χ4n) is 1.77. The van der Waals surface area contributed by atoms with Crippen molar-refractivity contribution in [1.82, 2.24) is 15.4 Å². The van der Waals surface area contributed by atoms with Gasteiger partial charge in [0.15, 0.2) is 23.8 Å². The SMILES string of the molecule is COc1cc(Cl)cc(-c2n[nH]nc2C(N)=O)c1OCC(=O)O. The predicted molar refractivity (Wildman–Crippen MR) is 75.0 cm³/mol. The first-order valence-electron chi connectivity index (χ1n) is 5.87. The van der Waals surface area contributed by atoms with Crippen LogP contribution in [0.1, 0.15) is 10.5 Å². The maximum Gasteiger partial charge on any atom is 0.341 e. The maximum absolute atomic E-state index is 11.4. The quantitative estimate of drug-likeness (QED) is 0.709. The van der Waals surface area contributed by atoms with Crippen LogP contribution in [0.2, 0.25) is 5.02 Å². The third kappa shape index (κ3) is 3.09. The first-order valence-corrected chi connectivity index (χ1v) is 6.25. The van der Waals surface area contributed by atoms with Gasteiger partial charge in [0.1, 0.15) is 5.69 Å². The third-order valence-electron chi connectivity index (χ3n) is 2.62. The van der Waals surface area contributed by atoms with E-state index in [2.05, 4.69) is 15.4 Å². The number of aromatic amines is 1. The Labute approximate surface area is 129 Å². The molecular formula is C12H11ClN4O5. The van der Waals surface area contributed by atoms with Crippen molar-refractivity contribution >= 4 is 23.5 Å². The molecule has 0 spiro atoms. The van der Waals surface area contributed by atoms with Crippen molar-refractivity contribution in [2.24, 2.45) is 5.73 Å². The fourth-order valence-corrected chi connectivity index (χ4v) is 1.98. The van der Waals surface area contributed by atoms with Crippen LogP contribution in [-0.2, 0) is 4.79 Å². The zero-order valence-corrected chi connectivity index (χ0v) is 12.0. The minimum absolute atomic E-state index is 0.0608. The summed E-state index contributed by atoms with van der Waals surface area (Å²) in [4.78, 5) is 22.1. The van der Waals surface area contributed by atoms with E-state index >= 15 is 0 Å². The zero-order valence-electron chi connectivity index (χ0n) is 11.3. The van der Waals surface area contributed by atoms with Gasteiger partial charge in [-0.05, 0) is 6.07 Å². The van der Waals surface area contributed by atoms with E-state index in [0.717, 1.165) is 0 Å². The highest BCUT2D eigenvalue weighted by atomic mass is 35.5.